The van der Waals surface area contributed by atoms with Crippen LogP contribution < -0.4 is 4.74 Å². The molecule has 1 heterocycles. The zero-order valence-corrected chi connectivity index (χ0v) is 10.1. The van der Waals surface area contributed by atoms with Crippen molar-refractivity contribution in [3.63, 3.8) is 0 Å². The third kappa shape index (κ3) is 3.25. The Morgan fingerprint density at radius 1 is 1.25 bits per heavy atom. The van der Waals surface area contributed by atoms with Crippen LogP contribution in [-0.2, 0) is 4.74 Å². The molecule has 9 heteroatoms. The van der Waals surface area contributed by atoms with Crippen molar-refractivity contribution in [2.45, 2.75) is 6.36 Å². The molecule has 0 spiro atoms. The highest BCUT2D eigenvalue weighted by Gasteiger charge is 2.30. The van der Waals surface area contributed by atoms with Gasteiger partial charge in [0.2, 0.25) is 0 Å². The number of esters is 1. The third-order valence-electron chi connectivity index (χ3n) is 2.22. The highest BCUT2D eigenvalue weighted by Crippen LogP contribution is 2.23. The van der Waals surface area contributed by atoms with E-state index in [9.17, 15) is 18.0 Å². The van der Waals surface area contributed by atoms with Crippen molar-refractivity contribution in [1.29, 1.82) is 0 Å². The molecule has 2 aromatic rings. The average Bonchev–Trinajstić information content (AvgIpc) is 2.86. The lowest BCUT2D eigenvalue weighted by molar-refractivity contribution is -0.274. The van der Waals surface area contributed by atoms with Crippen molar-refractivity contribution in [3.8, 4) is 11.4 Å². The van der Waals surface area contributed by atoms with Gasteiger partial charge in [-0.3, -0.25) is 0 Å². The van der Waals surface area contributed by atoms with Gasteiger partial charge >= 0.3 is 12.3 Å². The summed E-state index contributed by atoms with van der Waals surface area (Å²) in [5, 5.41) is 7.23. The van der Waals surface area contributed by atoms with Crippen LogP contribution in [0.5, 0.6) is 5.75 Å². The van der Waals surface area contributed by atoms with Crippen LogP contribution in [0.4, 0.5) is 13.2 Å². The second-order valence-electron chi connectivity index (χ2n) is 3.58. The van der Waals surface area contributed by atoms with Crippen molar-refractivity contribution in [2.75, 3.05) is 7.11 Å². The number of ether oxygens (including phenoxy) is 2. The van der Waals surface area contributed by atoms with Crippen LogP contribution in [0.15, 0.2) is 30.5 Å². The molecule has 0 aliphatic rings. The molecule has 0 radical (unpaired) electrons. The molecule has 1 aromatic heterocycles. The summed E-state index contributed by atoms with van der Waals surface area (Å²) in [6, 6.07) is 4.94. The van der Waals surface area contributed by atoms with Gasteiger partial charge in [0.15, 0.2) is 5.69 Å². The first-order valence-electron chi connectivity index (χ1n) is 5.26. The summed E-state index contributed by atoms with van der Waals surface area (Å²) >= 11 is 0. The molecule has 0 saturated heterocycles. The second-order valence-corrected chi connectivity index (χ2v) is 3.58. The molecule has 1 aromatic carbocycles. The Morgan fingerprint density at radius 3 is 2.45 bits per heavy atom. The average molecular weight is 287 g/mol. The van der Waals surface area contributed by atoms with Crippen LogP contribution >= 0.6 is 0 Å². The minimum absolute atomic E-state index is 0.0110. The molecule has 106 valence electrons. The van der Waals surface area contributed by atoms with E-state index in [1.807, 2.05) is 0 Å². The number of nitrogens with zero attached hydrogens (tertiary/aromatic N) is 3. The van der Waals surface area contributed by atoms with Gasteiger partial charge in [0, 0.05) is 0 Å². The number of halogens is 3. The maximum Gasteiger partial charge on any atom is 0.573 e. The van der Waals surface area contributed by atoms with Gasteiger partial charge in [0.25, 0.3) is 0 Å². The van der Waals surface area contributed by atoms with Crippen molar-refractivity contribution >= 4 is 5.97 Å². The highest BCUT2D eigenvalue weighted by atomic mass is 19.4. The van der Waals surface area contributed by atoms with Crippen LogP contribution in [0.2, 0.25) is 0 Å². The lowest BCUT2D eigenvalue weighted by atomic mass is 10.3. The first-order valence-corrected chi connectivity index (χ1v) is 5.26. The summed E-state index contributed by atoms with van der Waals surface area (Å²) in [6.07, 6.45) is -3.45. The van der Waals surface area contributed by atoms with E-state index in [4.69, 9.17) is 0 Å². The van der Waals surface area contributed by atoms with E-state index in [-0.39, 0.29) is 11.4 Å². The quantitative estimate of drug-likeness (QED) is 0.807. The number of methoxy groups -OCH3 is 1. The van der Waals surface area contributed by atoms with E-state index in [2.05, 4.69) is 19.8 Å². The Bertz CT molecular complexity index is 607. The van der Waals surface area contributed by atoms with E-state index < -0.39 is 12.3 Å². The largest absolute Gasteiger partial charge is 0.573 e. The number of rotatable bonds is 3. The topological polar surface area (TPSA) is 66.2 Å². The molecule has 0 fully saturated rings. The van der Waals surface area contributed by atoms with Gasteiger partial charge in [0.05, 0.1) is 19.0 Å². The smallest absolute Gasteiger partial charge is 0.464 e. The lowest BCUT2D eigenvalue weighted by Crippen LogP contribution is -2.17. The van der Waals surface area contributed by atoms with Crippen LogP contribution in [0, 0.1) is 0 Å². The molecular formula is C11H8F3N3O3. The van der Waals surface area contributed by atoms with Gasteiger partial charge in [-0.05, 0) is 24.3 Å². The predicted molar refractivity (Wildman–Crippen MR) is 59.4 cm³/mol. The van der Waals surface area contributed by atoms with Gasteiger partial charge in [0.1, 0.15) is 5.75 Å². The maximum atomic E-state index is 12.0. The molecule has 0 aliphatic heterocycles. The minimum atomic E-state index is -4.74. The zero-order chi connectivity index (χ0) is 14.8. The number of aromatic nitrogens is 3. The molecule has 0 saturated carbocycles. The minimum Gasteiger partial charge on any atom is -0.464 e. The summed E-state index contributed by atoms with van der Waals surface area (Å²) in [5.41, 5.74) is 0.408. The SMILES string of the molecule is COC(=O)c1cn(-c2ccc(OC(F)(F)F)cc2)nn1. The van der Waals surface area contributed by atoms with Gasteiger partial charge in [-0.15, -0.1) is 18.3 Å². The molecular weight excluding hydrogens is 279 g/mol. The fourth-order valence-corrected chi connectivity index (χ4v) is 1.39. The summed E-state index contributed by atoms with van der Waals surface area (Å²) < 4.78 is 45.4. The maximum absolute atomic E-state index is 12.0. The Hall–Kier alpha value is -2.58. The number of carbonyl (C=O) groups excluding carboxylic acids is 1. The Kier molecular flexibility index (Phi) is 3.59. The van der Waals surface area contributed by atoms with Crippen molar-refractivity contribution in [3.05, 3.63) is 36.2 Å². The number of carbonyl (C=O) groups is 1. The lowest BCUT2D eigenvalue weighted by Gasteiger charge is -2.08. The first-order chi connectivity index (χ1) is 9.39. The van der Waals surface area contributed by atoms with Crippen LogP contribution in [0.3, 0.4) is 0 Å². The van der Waals surface area contributed by atoms with E-state index in [1.165, 1.54) is 30.1 Å². The Labute approximate surface area is 110 Å². The fraction of sp³-hybridized carbons (Fsp3) is 0.182. The second kappa shape index (κ2) is 5.19. The Balaban J connectivity index is 2.18. The molecule has 0 bridgehead atoms. The van der Waals surface area contributed by atoms with Crippen LogP contribution in [0.1, 0.15) is 10.5 Å². The molecule has 20 heavy (non-hydrogen) atoms. The molecule has 0 atom stereocenters. The van der Waals surface area contributed by atoms with E-state index in [1.54, 1.807) is 0 Å². The van der Waals surface area contributed by atoms with E-state index in [0.29, 0.717) is 5.69 Å². The molecule has 6 nitrogen and oxygen atoms in total. The van der Waals surface area contributed by atoms with Crippen LogP contribution in [-0.4, -0.2) is 34.4 Å². The zero-order valence-electron chi connectivity index (χ0n) is 10.1. The monoisotopic (exact) mass is 287 g/mol. The van der Waals surface area contributed by atoms with Gasteiger partial charge in [-0.1, -0.05) is 5.21 Å². The number of hydrogen-bond acceptors (Lipinski definition) is 5. The summed E-state index contributed by atoms with van der Waals surface area (Å²) in [6.45, 7) is 0. The van der Waals surface area contributed by atoms with E-state index in [0.717, 1.165) is 12.1 Å². The number of benzene rings is 1. The molecule has 0 N–H and O–H groups in total. The standard InChI is InChI=1S/C11H8F3N3O3/c1-19-10(18)9-6-17(16-15-9)7-2-4-8(5-3-7)20-11(12,13)14/h2-6H,1H3. The van der Waals surface area contributed by atoms with Gasteiger partial charge in [-0.25, -0.2) is 9.48 Å². The molecule has 0 unspecified atom stereocenters. The van der Waals surface area contributed by atoms with Crippen molar-refractivity contribution in [1.82, 2.24) is 15.0 Å². The first kappa shape index (κ1) is 13.8. The predicted octanol–water partition coefficient (Wildman–Crippen LogP) is 1.95. The Morgan fingerprint density at radius 2 is 1.90 bits per heavy atom. The molecule has 2 rings (SSSR count). The van der Waals surface area contributed by atoms with Crippen molar-refractivity contribution < 1.29 is 27.4 Å². The number of alkyl halides is 3. The van der Waals surface area contributed by atoms with Gasteiger partial charge < -0.3 is 9.47 Å². The molecule has 0 amide bonds. The number of hydrogen-bond donors (Lipinski definition) is 0. The highest BCUT2D eigenvalue weighted by molar-refractivity contribution is 5.86. The van der Waals surface area contributed by atoms with Crippen LogP contribution in [0.25, 0.3) is 5.69 Å². The van der Waals surface area contributed by atoms with Gasteiger partial charge in [-0.2, -0.15) is 0 Å². The molecule has 0 aliphatic carbocycles. The fourth-order valence-electron chi connectivity index (χ4n) is 1.39. The normalized spacial score (nSPS) is 11.2. The van der Waals surface area contributed by atoms with Crippen molar-refractivity contribution in [2.24, 2.45) is 0 Å². The summed E-state index contributed by atoms with van der Waals surface area (Å²) in [7, 11) is 1.20. The van der Waals surface area contributed by atoms with E-state index >= 15 is 0 Å². The summed E-state index contributed by atoms with van der Waals surface area (Å²) in [5.74, 6) is -1.01. The third-order valence-corrected chi connectivity index (χ3v) is 2.22. The summed E-state index contributed by atoms with van der Waals surface area (Å²) in [4.78, 5) is 11.2.